The van der Waals surface area contributed by atoms with Crippen molar-refractivity contribution in [3.8, 4) is 0 Å². The Hall–Kier alpha value is -1.85. The molecule has 0 saturated heterocycles. The number of hydrogen-bond donors (Lipinski definition) is 2. The second-order valence-corrected chi connectivity index (χ2v) is 4.37. The lowest BCUT2D eigenvalue weighted by atomic mass is 10.0. The fourth-order valence-corrected chi connectivity index (χ4v) is 2.09. The minimum atomic E-state index is -0.823. The van der Waals surface area contributed by atoms with Crippen LogP contribution in [0.3, 0.4) is 0 Å². The molecule has 0 radical (unpaired) electrons. The molecule has 6 heteroatoms. The van der Waals surface area contributed by atoms with E-state index in [4.69, 9.17) is 9.63 Å². The van der Waals surface area contributed by atoms with Crippen molar-refractivity contribution in [3.05, 3.63) is 11.8 Å². The van der Waals surface area contributed by atoms with Crippen molar-refractivity contribution in [1.29, 1.82) is 0 Å². The first kappa shape index (κ1) is 11.6. The maximum absolute atomic E-state index is 11.8. The molecule has 2 unspecified atom stereocenters. The van der Waals surface area contributed by atoms with E-state index >= 15 is 0 Å². The number of carboxylic acid groups (broad SMARTS) is 1. The standard InChI is InChI=1S/C11H14N2O4/c1-6-4-9(17-13-6)12-10(14)7-2-3-8(5-7)11(15)16/h4,7-8H,2-3,5H2,1H3,(H,12,14)(H,15,16). The van der Waals surface area contributed by atoms with Gasteiger partial charge in [0.1, 0.15) is 0 Å². The molecule has 1 aliphatic rings. The number of carbonyl (C=O) groups excluding carboxylic acids is 1. The summed E-state index contributed by atoms with van der Waals surface area (Å²) in [6, 6.07) is 1.63. The van der Waals surface area contributed by atoms with Crippen molar-refractivity contribution in [3.63, 3.8) is 0 Å². The first-order chi connectivity index (χ1) is 8.06. The lowest BCUT2D eigenvalue weighted by Gasteiger charge is -2.07. The molecule has 1 heterocycles. The van der Waals surface area contributed by atoms with Crippen LogP contribution in [0, 0.1) is 18.8 Å². The van der Waals surface area contributed by atoms with Crippen LogP contribution in [0.1, 0.15) is 25.0 Å². The zero-order chi connectivity index (χ0) is 12.4. The molecule has 1 aromatic rings. The molecule has 2 atom stereocenters. The van der Waals surface area contributed by atoms with Gasteiger partial charge in [-0.05, 0) is 26.2 Å². The fraction of sp³-hybridized carbons (Fsp3) is 0.545. The van der Waals surface area contributed by atoms with E-state index in [1.54, 1.807) is 13.0 Å². The second-order valence-electron chi connectivity index (χ2n) is 4.37. The number of aromatic nitrogens is 1. The summed E-state index contributed by atoms with van der Waals surface area (Å²) in [5.74, 6) is -1.35. The van der Waals surface area contributed by atoms with Gasteiger partial charge in [0.2, 0.25) is 11.8 Å². The van der Waals surface area contributed by atoms with Crippen LogP contribution in [-0.4, -0.2) is 22.1 Å². The molecule has 0 aliphatic heterocycles. The van der Waals surface area contributed by atoms with Gasteiger partial charge in [0, 0.05) is 12.0 Å². The van der Waals surface area contributed by atoms with E-state index < -0.39 is 11.9 Å². The van der Waals surface area contributed by atoms with Crippen molar-refractivity contribution in [2.45, 2.75) is 26.2 Å². The Morgan fingerprint density at radius 3 is 2.71 bits per heavy atom. The number of aliphatic carboxylic acids is 1. The molecular weight excluding hydrogens is 224 g/mol. The number of hydrogen-bond acceptors (Lipinski definition) is 4. The van der Waals surface area contributed by atoms with Crippen molar-refractivity contribution in [2.24, 2.45) is 11.8 Å². The van der Waals surface area contributed by atoms with Gasteiger partial charge in [-0.3, -0.25) is 14.9 Å². The molecule has 1 fully saturated rings. The van der Waals surface area contributed by atoms with Crippen LogP contribution in [0.2, 0.25) is 0 Å². The molecular formula is C11H14N2O4. The third-order valence-corrected chi connectivity index (χ3v) is 3.03. The first-order valence-electron chi connectivity index (χ1n) is 5.53. The number of amides is 1. The molecule has 1 amide bonds. The van der Waals surface area contributed by atoms with E-state index in [0.29, 0.717) is 30.8 Å². The van der Waals surface area contributed by atoms with E-state index in [-0.39, 0.29) is 11.8 Å². The predicted octanol–water partition coefficient (Wildman–Crippen LogP) is 1.42. The topological polar surface area (TPSA) is 92.4 Å². The van der Waals surface area contributed by atoms with Crippen LogP contribution >= 0.6 is 0 Å². The highest BCUT2D eigenvalue weighted by Crippen LogP contribution is 2.31. The van der Waals surface area contributed by atoms with Crippen LogP contribution in [0.25, 0.3) is 0 Å². The highest BCUT2D eigenvalue weighted by molar-refractivity contribution is 5.92. The molecule has 0 bridgehead atoms. The largest absolute Gasteiger partial charge is 0.481 e. The van der Waals surface area contributed by atoms with Gasteiger partial charge in [0.05, 0.1) is 11.6 Å². The summed E-state index contributed by atoms with van der Waals surface area (Å²) in [6.07, 6.45) is 1.56. The van der Waals surface area contributed by atoms with Gasteiger partial charge < -0.3 is 9.63 Å². The number of rotatable bonds is 3. The van der Waals surface area contributed by atoms with Gasteiger partial charge in [-0.2, -0.15) is 0 Å². The first-order valence-corrected chi connectivity index (χ1v) is 5.53. The van der Waals surface area contributed by atoms with Crippen molar-refractivity contribution in [2.75, 3.05) is 5.32 Å². The molecule has 2 N–H and O–H groups in total. The Morgan fingerprint density at radius 1 is 1.47 bits per heavy atom. The molecule has 0 spiro atoms. The van der Waals surface area contributed by atoms with Gasteiger partial charge in [0.15, 0.2) is 0 Å². The average molecular weight is 238 g/mol. The Bertz CT molecular complexity index is 440. The number of nitrogens with one attached hydrogen (secondary N) is 1. The highest BCUT2D eigenvalue weighted by Gasteiger charge is 2.34. The number of anilines is 1. The molecule has 0 aromatic carbocycles. The van der Waals surface area contributed by atoms with E-state index in [2.05, 4.69) is 10.5 Å². The van der Waals surface area contributed by atoms with E-state index in [1.807, 2.05) is 0 Å². The molecule has 92 valence electrons. The maximum atomic E-state index is 11.8. The predicted molar refractivity (Wildman–Crippen MR) is 58.3 cm³/mol. The van der Waals surface area contributed by atoms with Crippen LogP contribution in [0.4, 0.5) is 5.88 Å². The molecule has 1 aliphatic carbocycles. The maximum Gasteiger partial charge on any atom is 0.306 e. The third-order valence-electron chi connectivity index (χ3n) is 3.03. The Morgan fingerprint density at radius 2 is 2.18 bits per heavy atom. The van der Waals surface area contributed by atoms with Gasteiger partial charge in [-0.15, -0.1) is 0 Å². The smallest absolute Gasteiger partial charge is 0.306 e. The quantitative estimate of drug-likeness (QED) is 0.830. The summed E-state index contributed by atoms with van der Waals surface area (Å²) in [4.78, 5) is 22.6. The van der Waals surface area contributed by atoms with Crippen LogP contribution in [0.15, 0.2) is 10.6 Å². The summed E-state index contributed by atoms with van der Waals surface area (Å²) < 4.78 is 4.87. The lowest BCUT2D eigenvalue weighted by Crippen LogP contribution is -2.21. The number of nitrogens with zero attached hydrogens (tertiary/aromatic N) is 1. The molecule has 2 rings (SSSR count). The van der Waals surface area contributed by atoms with Crippen molar-refractivity contribution < 1.29 is 19.2 Å². The summed E-state index contributed by atoms with van der Waals surface area (Å²) in [5, 5.41) is 15.1. The van der Waals surface area contributed by atoms with Gasteiger partial charge in [-0.1, -0.05) is 5.16 Å². The van der Waals surface area contributed by atoms with Gasteiger partial charge in [-0.25, -0.2) is 0 Å². The number of carbonyl (C=O) groups is 2. The summed E-state index contributed by atoms with van der Waals surface area (Å²) in [7, 11) is 0. The third kappa shape index (κ3) is 2.64. The number of carboxylic acids is 1. The van der Waals surface area contributed by atoms with Crippen molar-refractivity contribution >= 4 is 17.8 Å². The second kappa shape index (κ2) is 4.57. The number of aryl methyl sites for hydroxylation is 1. The normalized spacial score (nSPS) is 23.6. The van der Waals surface area contributed by atoms with Crippen LogP contribution in [0.5, 0.6) is 0 Å². The van der Waals surface area contributed by atoms with E-state index in [9.17, 15) is 9.59 Å². The highest BCUT2D eigenvalue weighted by atomic mass is 16.5. The average Bonchev–Trinajstić information content (AvgIpc) is 2.86. The Labute approximate surface area is 98.0 Å². The molecule has 1 saturated carbocycles. The fourth-order valence-electron chi connectivity index (χ4n) is 2.09. The van der Waals surface area contributed by atoms with Gasteiger partial charge in [0.25, 0.3) is 0 Å². The zero-order valence-electron chi connectivity index (χ0n) is 9.47. The van der Waals surface area contributed by atoms with E-state index in [1.165, 1.54) is 0 Å². The van der Waals surface area contributed by atoms with Crippen molar-refractivity contribution in [1.82, 2.24) is 5.16 Å². The van der Waals surface area contributed by atoms with Crippen LogP contribution < -0.4 is 5.32 Å². The van der Waals surface area contributed by atoms with E-state index in [0.717, 1.165) is 0 Å². The monoisotopic (exact) mass is 238 g/mol. The molecule has 17 heavy (non-hydrogen) atoms. The summed E-state index contributed by atoms with van der Waals surface area (Å²) >= 11 is 0. The summed E-state index contributed by atoms with van der Waals surface area (Å²) in [5.41, 5.74) is 0.690. The van der Waals surface area contributed by atoms with Crippen LogP contribution in [-0.2, 0) is 9.59 Å². The zero-order valence-corrected chi connectivity index (χ0v) is 9.47. The molecule has 1 aromatic heterocycles. The lowest BCUT2D eigenvalue weighted by molar-refractivity contribution is -0.141. The summed E-state index contributed by atoms with van der Waals surface area (Å²) in [6.45, 7) is 1.76. The molecule has 6 nitrogen and oxygen atoms in total. The minimum absolute atomic E-state index is 0.190. The minimum Gasteiger partial charge on any atom is -0.481 e. The SMILES string of the molecule is Cc1cc(NC(=O)C2CCC(C(=O)O)C2)on1. The Kier molecular flexibility index (Phi) is 3.12. The Balaban J connectivity index is 1.91. The van der Waals surface area contributed by atoms with Gasteiger partial charge >= 0.3 is 5.97 Å².